The van der Waals surface area contributed by atoms with Gasteiger partial charge in [-0.15, -0.1) is 0 Å². The molecule has 0 spiro atoms. The summed E-state index contributed by atoms with van der Waals surface area (Å²) in [6, 6.07) is 7.93. The number of hydrogen-bond acceptors (Lipinski definition) is 6. The number of rotatable bonds is 7. The molecule has 0 amide bonds. The number of ether oxygens (including phenoxy) is 2. The van der Waals surface area contributed by atoms with Crippen molar-refractivity contribution in [3.05, 3.63) is 36.0 Å². The smallest absolute Gasteiger partial charge is 0.227 e. The van der Waals surface area contributed by atoms with Gasteiger partial charge in [0.1, 0.15) is 5.82 Å². The summed E-state index contributed by atoms with van der Waals surface area (Å²) >= 11 is 0. The molecule has 2 heterocycles. The standard InChI is InChI=1S/C20H28N4O2/c1-15-8-12-24(13-9-15)20-22-11-7-19(23-20)21-10-6-16-4-5-17(25-2)18(14-16)26-3/h4-5,7,11,14-15H,6,8-10,12-13H2,1-3H3,(H,21,22,23). The lowest BCUT2D eigenvalue weighted by atomic mass is 10.00. The molecule has 2 aromatic rings. The van der Waals surface area contributed by atoms with Crippen molar-refractivity contribution in [2.45, 2.75) is 26.2 Å². The zero-order valence-electron chi connectivity index (χ0n) is 15.9. The van der Waals surface area contributed by atoms with Crippen LogP contribution in [0.25, 0.3) is 0 Å². The summed E-state index contributed by atoms with van der Waals surface area (Å²) in [4.78, 5) is 11.4. The molecule has 0 saturated carbocycles. The highest BCUT2D eigenvalue weighted by molar-refractivity contribution is 5.44. The predicted octanol–water partition coefficient (Wildman–Crippen LogP) is 3.38. The van der Waals surface area contributed by atoms with Gasteiger partial charge in [-0.2, -0.15) is 4.98 Å². The van der Waals surface area contributed by atoms with Crippen LogP contribution in [0.5, 0.6) is 11.5 Å². The number of nitrogens with one attached hydrogen (secondary N) is 1. The molecule has 0 aliphatic carbocycles. The van der Waals surface area contributed by atoms with Crippen LogP contribution >= 0.6 is 0 Å². The maximum Gasteiger partial charge on any atom is 0.227 e. The Labute approximate surface area is 155 Å². The van der Waals surface area contributed by atoms with E-state index in [2.05, 4.69) is 33.2 Å². The molecule has 26 heavy (non-hydrogen) atoms. The summed E-state index contributed by atoms with van der Waals surface area (Å²) in [6.45, 7) is 5.18. The fourth-order valence-corrected chi connectivity index (χ4v) is 3.18. The van der Waals surface area contributed by atoms with E-state index in [-0.39, 0.29) is 0 Å². The third kappa shape index (κ3) is 4.56. The van der Waals surface area contributed by atoms with Gasteiger partial charge in [-0.3, -0.25) is 0 Å². The highest BCUT2D eigenvalue weighted by atomic mass is 16.5. The Bertz CT molecular complexity index is 715. The van der Waals surface area contributed by atoms with Crippen LogP contribution in [0.3, 0.4) is 0 Å². The first-order valence-electron chi connectivity index (χ1n) is 9.22. The Balaban J connectivity index is 1.56. The van der Waals surface area contributed by atoms with Gasteiger partial charge in [0.2, 0.25) is 5.95 Å². The number of methoxy groups -OCH3 is 2. The predicted molar refractivity (Wildman–Crippen MR) is 104 cm³/mol. The van der Waals surface area contributed by atoms with E-state index in [1.54, 1.807) is 14.2 Å². The van der Waals surface area contributed by atoms with Crippen LogP contribution in [-0.2, 0) is 6.42 Å². The molecule has 1 N–H and O–H groups in total. The summed E-state index contributed by atoms with van der Waals surface area (Å²) in [6.07, 6.45) is 5.13. The SMILES string of the molecule is COc1ccc(CCNc2ccnc(N3CCC(C)CC3)n2)cc1OC. The topological polar surface area (TPSA) is 59.5 Å². The monoisotopic (exact) mass is 356 g/mol. The average molecular weight is 356 g/mol. The van der Waals surface area contributed by atoms with Gasteiger partial charge in [0, 0.05) is 25.8 Å². The second-order valence-corrected chi connectivity index (χ2v) is 6.78. The summed E-state index contributed by atoms with van der Waals surface area (Å²) in [5, 5.41) is 3.40. The van der Waals surface area contributed by atoms with E-state index in [9.17, 15) is 0 Å². The third-order valence-corrected chi connectivity index (χ3v) is 4.88. The van der Waals surface area contributed by atoms with Crippen molar-refractivity contribution in [2.75, 3.05) is 44.1 Å². The molecule has 1 aromatic carbocycles. The van der Waals surface area contributed by atoms with Crippen LogP contribution in [0.1, 0.15) is 25.3 Å². The van der Waals surface area contributed by atoms with Gasteiger partial charge in [0.15, 0.2) is 11.5 Å². The lowest BCUT2D eigenvalue weighted by Crippen LogP contribution is -2.34. The number of piperidine rings is 1. The minimum Gasteiger partial charge on any atom is -0.493 e. The molecule has 6 heteroatoms. The highest BCUT2D eigenvalue weighted by Crippen LogP contribution is 2.27. The molecule has 6 nitrogen and oxygen atoms in total. The van der Waals surface area contributed by atoms with Crippen molar-refractivity contribution >= 4 is 11.8 Å². The first-order chi connectivity index (χ1) is 12.7. The molecule has 0 atom stereocenters. The quantitative estimate of drug-likeness (QED) is 0.821. The summed E-state index contributed by atoms with van der Waals surface area (Å²) in [5.41, 5.74) is 1.19. The van der Waals surface area contributed by atoms with Crippen molar-refractivity contribution in [3.63, 3.8) is 0 Å². The highest BCUT2D eigenvalue weighted by Gasteiger charge is 2.18. The Kier molecular flexibility index (Phi) is 6.15. The maximum absolute atomic E-state index is 5.36. The second-order valence-electron chi connectivity index (χ2n) is 6.78. The summed E-state index contributed by atoms with van der Waals surface area (Å²) in [5.74, 6) is 4.00. The molecule has 1 aliphatic rings. The largest absolute Gasteiger partial charge is 0.493 e. The lowest BCUT2D eigenvalue weighted by molar-refractivity contribution is 0.354. The van der Waals surface area contributed by atoms with Gasteiger partial charge in [-0.1, -0.05) is 13.0 Å². The zero-order chi connectivity index (χ0) is 18.4. The third-order valence-electron chi connectivity index (χ3n) is 4.88. The van der Waals surface area contributed by atoms with Crippen molar-refractivity contribution < 1.29 is 9.47 Å². The lowest BCUT2D eigenvalue weighted by Gasteiger charge is -2.30. The van der Waals surface area contributed by atoms with E-state index in [4.69, 9.17) is 9.47 Å². The van der Waals surface area contributed by atoms with E-state index in [0.717, 1.165) is 55.2 Å². The first kappa shape index (κ1) is 18.3. The molecule has 140 valence electrons. The molecular formula is C20H28N4O2. The van der Waals surface area contributed by atoms with Crippen molar-refractivity contribution in [1.82, 2.24) is 9.97 Å². The van der Waals surface area contributed by atoms with Crippen molar-refractivity contribution in [2.24, 2.45) is 5.92 Å². The second kappa shape index (κ2) is 8.74. The Morgan fingerprint density at radius 3 is 2.62 bits per heavy atom. The van der Waals surface area contributed by atoms with Crippen LogP contribution < -0.4 is 19.7 Å². The molecule has 0 unspecified atom stereocenters. The fourth-order valence-electron chi connectivity index (χ4n) is 3.18. The van der Waals surface area contributed by atoms with Crippen LogP contribution in [0.4, 0.5) is 11.8 Å². The Morgan fingerprint density at radius 2 is 1.88 bits per heavy atom. The zero-order valence-corrected chi connectivity index (χ0v) is 15.9. The number of benzene rings is 1. The molecule has 1 saturated heterocycles. The summed E-state index contributed by atoms with van der Waals surface area (Å²) < 4.78 is 10.6. The van der Waals surface area contributed by atoms with Gasteiger partial charge in [-0.25, -0.2) is 4.98 Å². The van der Waals surface area contributed by atoms with E-state index in [1.807, 2.05) is 24.4 Å². The van der Waals surface area contributed by atoms with E-state index in [1.165, 1.54) is 18.4 Å². The molecule has 1 aromatic heterocycles. The Morgan fingerprint density at radius 1 is 1.12 bits per heavy atom. The number of nitrogens with zero attached hydrogens (tertiary/aromatic N) is 3. The number of aromatic nitrogens is 2. The van der Waals surface area contributed by atoms with Crippen LogP contribution in [0.15, 0.2) is 30.5 Å². The van der Waals surface area contributed by atoms with E-state index >= 15 is 0 Å². The first-order valence-corrected chi connectivity index (χ1v) is 9.22. The van der Waals surface area contributed by atoms with Crippen molar-refractivity contribution in [3.8, 4) is 11.5 Å². The molecular weight excluding hydrogens is 328 g/mol. The van der Waals surface area contributed by atoms with Crippen molar-refractivity contribution in [1.29, 1.82) is 0 Å². The molecule has 0 bridgehead atoms. The molecule has 1 fully saturated rings. The van der Waals surface area contributed by atoms with E-state index in [0.29, 0.717) is 0 Å². The molecule has 3 rings (SSSR count). The maximum atomic E-state index is 5.36. The van der Waals surface area contributed by atoms with E-state index < -0.39 is 0 Å². The Hall–Kier alpha value is -2.50. The minimum absolute atomic E-state index is 0.750. The summed E-state index contributed by atoms with van der Waals surface area (Å²) in [7, 11) is 3.30. The molecule has 0 radical (unpaired) electrons. The normalized spacial score (nSPS) is 15.0. The average Bonchev–Trinajstić information content (AvgIpc) is 2.68. The number of anilines is 2. The molecule has 1 aliphatic heterocycles. The fraction of sp³-hybridized carbons (Fsp3) is 0.500. The van der Waals surface area contributed by atoms with Crippen LogP contribution in [-0.4, -0.2) is 43.8 Å². The van der Waals surface area contributed by atoms with Gasteiger partial charge in [0.25, 0.3) is 0 Å². The van der Waals surface area contributed by atoms with Gasteiger partial charge < -0.3 is 19.7 Å². The van der Waals surface area contributed by atoms with Gasteiger partial charge in [-0.05, 0) is 48.9 Å². The van der Waals surface area contributed by atoms with Crippen LogP contribution in [0, 0.1) is 5.92 Å². The van der Waals surface area contributed by atoms with Crippen LogP contribution in [0.2, 0.25) is 0 Å². The van der Waals surface area contributed by atoms with Gasteiger partial charge in [0.05, 0.1) is 14.2 Å². The van der Waals surface area contributed by atoms with Gasteiger partial charge >= 0.3 is 0 Å². The minimum atomic E-state index is 0.750. The number of hydrogen-bond donors (Lipinski definition) is 1.